The van der Waals surface area contributed by atoms with Crippen LogP contribution in [-0.4, -0.2) is 103 Å². The van der Waals surface area contributed by atoms with Gasteiger partial charge in [-0.15, -0.1) is 11.3 Å². The molecule has 2 fully saturated rings. The largest absolute Gasteiger partial charge is 0.478 e. The number of carboxylic acid groups (broad SMARTS) is 1. The van der Waals surface area contributed by atoms with Gasteiger partial charge in [-0.05, 0) is 0 Å². The number of aliphatic carboxylic acids is 1. The molecule has 0 bridgehead atoms. The number of hydrogen-bond donors (Lipinski definition) is 6. The van der Waals surface area contributed by atoms with Gasteiger partial charge >= 0.3 is 22.4 Å². The van der Waals surface area contributed by atoms with Gasteiger partial charge in [0.2, 0.25) is 5.60 Å². The number of nitrogens with two attached hydrogens (primary N) is 2. The lowest BCUT2D eigenvalue weighted by molar-refractivity contribution is -0.153. The predicted molar refractivity (Wildman–Crippen MR) is 135 cm³/mol. The number of rotatable bonds is 13. The predicted octanol–water partition coefficient (Wildman–Crippen LogP) is -2.96. The van der Waals surface area contributed by atoms with Gasteiger partial charge in [0.15, 0.2) is 10.8 Å². The Hall–Kier alpha value is -4.41. The van der Waals surface area contributed by atoms with Gasteiger partial charge in [-0.25, -0.2) is 18.9 Å². The lowest BCUT2D eigenvalue weighted by Crippen LogP contribution is -2.73. The Bertz CT molecular complexity index is 1480. The van der Waals surface area contributed by atoms with E-state index in [1.54, 1.807) is 0 Å². The number of aromatic nitrogens is 4. The number of anilines is 1. The Morgan fingerprint density at radius 2 is 2.05 bits per heavy atom. The van der Waals surface area contributed by atoms with Gasteiger partial charge in [0.1, 0.15) is 30.1 Å². The van der Waals surface area contributed by atoms with Crippen molar-refractivity contribution in [3.8, 4) is 0 Å². The summed E-state index contributed by atoms with van der Waals surface area (Å²) in [6, 6.07) is -2.90. The van der Waals surface area contributed by atoms with Gasteiger partial charge in [-0.1, -0.05) is 5.16 Å². The standard InChI is InChI=1S/C19H24N10O10S2/c20-3-4-38-18(34)22-5-9-6-23-28(26-9)7-11-13(15(31)29(11)41(35,36)37)25-14(30)12(10-8-40-17(21)24-10)27-39-19(1-2-19)16(32)33/h6,8,11,13H,1-5,7,20H2,(H2,21,24)(H,22,34)(H,25,30)(H,32,33)(H,35,36,37)/b27-12-/t11-,13+/m1/s1. The first-order chi connectivity index (χ1) is 19.3. The van der Waals surface area contributed by atoms with E-state index in [0.29, 0.717) is 0 Å². The monoisotopic (exact) mass is 616 g/mol. The molecule has 222 valence electrons. The first-order valence-electron chi connectivity index (χ1n) is 11.7. The second-order valence-corrected chi connectivity index (χ2v) is 10.9. The van der Waals surface area contributed by atoms with Crippen LogP contribution in [-0.2, 0) is 47.4 Å². The maximum Gasteiger partial charge on any atom is 0.407 e. The fourth-order valence-corrected chi connectivity index (χ4v) is 5.00. The zero-order valence-corrected chi connectivity index (χ0v) is 22.5. The summed E-state index contributed by atoms with van der Waals surface area (Å²) in [6.45, 7) is -0.388. The SMILES string of the molecule is NCCOC(=O)NCc1cnn(C[C@@H]2[C@H](NC(=O)/C(=N\OC3(C(=O)O)CC3)c3csc(N)n3)C(=O)N2S(=O)(=O)O)n1. The van der Waals surface area contributed by atoms with Crippen LogP contribution in [0.2, 0.25) is 0 Å². The van der Waals surface area contributed by atoms with Gasteiger partial charge in [0, 0.05) is 24.8 Å². The van der Waals surface area contributed by atoms with Crippen molar-refractivity contribution in [3.63, 3.8) is 0 Å². The fourth-order valence-electron chi connectivity index (χ4n) is 3.58. The summed E-state index contributed by atoms with van der Waals surface area (Å²) in [6.07, 6.45) is 0.792. The van der Waals surface area contributed by atoms with E-state index in [1.165, 1.54) is 11.6 Å². The third-order valence-electron chi connectivity index (χ3n) is 5.79. The maximum atomic E-state index is 13.2. The Kier molecular flexibility index (Phi) is 8.37. The van der Waals surface area contributed by atoms with E-state index in [9.17, 15) is 37.3 Å². The van der Waals surface area contributed by atoms with Crippen LogP contribution < -0.4 is 22.1 Å². The topological polar surface area (TPSA) is 297 Å². The van der Waals surface area contributed by atoms with Crippen LogP contribution in [0.3, 0.4) is 0 Å². The highest BCUT2D eigenvalue weighted by Crippen LogP contribution is 2.40. The fraction of sp³-hybridized carbons (Fsp3) is 0.474. The molecular weight excluding hydrogens is 592 g/mol. The molecule has 0 aromatic carbocycles. The molecule has 3 heterocycles. The molecule has 41 heavy (non-hydrogen) atoms. The van der Waals surface area contributed by atoms with E-state index in [4.69, 9.17) is 21.0 Å². The molecule has 2 aromatic rings. The Morgan fingerprint density at radius 3 is 2.63 bits per heavy atom. The van der Waals surface area contributed by atoms with Crippen molar-refractivity contribution < 1.29 is 46.8 Å². The quantitative estimate of drug-likeness (QED) is 0.0567. The lowest BCUT2D eigenvalue weighted by Gasteiger charge is -2.43. The Balaban J connectivity index is 1.50. The summed E-state index contributed by atoms with van der Waals surface area (Å²) in [4.78, 5) is 58.9. The molecule has 4 rings (SSSR count). The van der Waals surface area contributed by atoms with E-state index in [2.05, 4.69) is 31.0 Å². The third-order valence-corrected chi connectivity index (χ3v) is 7.41. The highest BCUT2D eigenvalue weighted by atomic mass is 32.2. The van der Waals surface area contributed by atoms with Crippen LogP contribution in [0.5, 0.6) is 0 Å². The molecule has 2 aromatic heterocycles. The molecule has 1 saturated carbocycles. The highest BCUT2D eigenvalue weighted by Gasteiger charge is 2.56. The number of nitrogens with one attached hydrogen (secondary N) is 2. The summed E-state index contributed by atoms with van der Waals surface area (Å²) in [5, 5.41) is 27.1. The van der Waals surface area contributed by atoms with Crippen LogP contribution in [0, 0.1) is 0 Å². The second kappa shape index (κ2) is 11.6. The minimum Gasteiger partial charge on any atom is -0.478 e. The smallest absolute Gasteiger partial charge is 0.407 e. The van der Waals surface area contributed by atoms with Gasteiger partial charge in [0.25, 0.3) is 11.8 Å². The number of alkyl carbamates (subject to hydrolysis) is 1. The minimum absolute atomic E-state index is 0.00163. The highest BCUT2D eigenvalue weighted by molar-refractivity contribution is 7.84. The lowest BCUT2D eigenvalue weighted by atomic mass is 9.98. The van der Waals surface area contributed by atoms with Crippen molar-refractivity contribution in [3.05, 3.63) is 23.0 Å². The van der Waals surface area contributed by atoms with Gasteiger partial charge in [-0.2, -0.15) is 23.4 Å². The van der Waals surface area contributed by atoms with Gasteiger partial charge < -0.3 is 36.8 Å². The number of ether oxygens (including phenoxy) is 1. The zero-order valence-electron chi connectivity index (χ0n) is 20.9. The number of nitrogen functional groups attached to an aromatic ring is 1. The Labute approximate surface area is 234 Å². The number of hydrogen-bond acceptors (Lipinski definition) is 15. The van der Waals surface area contributed by atoms with Crippen molar-refractivity contribution in [1.29, 1.82) is 0 Å². The summed E-state index contributed by atoms with van der Waals surface area (Å²) in [5.41, 5.74) is 8.91. The van der Waals surface area contributed by atoms with Crippen molar-refractivity contribution in [2.75, 3.05) is 18.9 Å². The van der Waals surface area contributed by atoms with Gasteiger partial charge in [-0.3, -0.25) is 14.1 Å². The zero-order chi connectivity index (χ0) is 29.9. The average Bonchev–Trinajstić information content (AvgIpc) is 3.37. The van der Waals surface area contributed by atoms with Crippen LogP contribution in [0.15, 0.2) is 16.7 Å². The number of carboxylic acids is 1. The molecule has 22 heteroatoms. The molecule has 3 amide bonds. The molecule has 1 aliphatic heterocycles. The van der Waals surface area contributed by atoms with Crippen LogP contribution in [0.25, 0.3) is 0 Å². The Morgan fingerprint density at radius 1 is 1.32 bits per heavy atom. The van der Waals surface area contributed by atoms with Crippen molar-refractivity contribution >= 4 is 56.4 Å². The first-order valence-corrected chi connectivity index (χ1v) is 13.9. The van der Waals surface area contributed by atoms with E-state index >= 15 is 0 Å². The van der Waals surface area contributed by atoms with Crippen molar-refractivity contribution in [2.24, 2.45) is 10.9 Å². The van der Waals surface area contributed by atoms with E-state index in [0.717, 1.165) is 16.1 Å². The van der Waals surface area contributed by atoms with Crippen LogP contribution in [0.1, 0.15) is 24.2 Å². The summed E-state index contributed by atoms with van der Waals surface area (Å²) in [5.74, 6) is -3.53. The molecule has 2 aliphatic rings. The van der Waals surface area contributed by atoms with Crippen molar-refractivity contribution in [1.82, 2.24) is 34.9 Å². The van der Waals surface area contributed by atoms with Gasteiger partial charge in [0.05, 0.1) is 19.3 Å². The van der Waals surface area contributed by atoms with E-state index in [-0.39, 0.29) is 53.4 Å². The average molecular weight is 617 g/mol. The molecule has 0 unspecified atom stereocenters. The minimum atomic E-state index is -5.04. The molecule has 2 atom stereocenters. The number of thiazole rings is 1. The van der Waals surface area contributed by atoms with Crippen molar-refractivity contribution in [2.45, 2.75) is 43.6 Å². The van der Waals surface area contributed by atoms with Crippen LogP contribution >= 0.6 is 11.3 Å². The molecule has 8 N–H and O–H groups in total. The number of carbonyl (C=O) groups excluding carboxylic acids is 3. The molecule has 0 spiro atoms. The molecule has 20 nitrogen and oxygen atoms in total. The number of nitrogens with zero attached hydrogens (tertiary/aromatic N) is 6. The number of β-lactam (4-membered cyclic amide) rings is 1. The maximum absolute atomic E-state index is 13.2. The second-order valence-electron chi connectivity index (χ2n) is 8.70. The molecule has 0 radical (unpaired) electrons. The van der Waals surface area contributed by atoms with E-state index in [1.807, 2.05) is 0 Å². The third kappa shape index (κ3) is 6.67. The normalized spacial score (nSPS) is 19.7. The van der Waals surface area contributed by atoms with E-state index < -0.39 is 64.1 Å². The van der Waals surface area contributed by atoms with Crippen LogP contribution in [0.4, 0.5) is 9.93 Å². The number of oxime groups is 1. The number of carbonyl (C=O) groups is 4. The summed E-state index contributed by atoms with van der Waals surface area (Å²) in [7, 11) is -5.04. The first kappa shape index (κ1) is 29.6. The summed E-state index contributed by atoms with van der Waals surface area (Å²) < 4.78 is 38.2. The molecule has 1 aliphatic carbocycles. The number of amides is 3. The molecule has 1 saturated heterocycles. The molecular formula is C19H24N10O10S2. The summed E-state index contributed by atoms with van der Waals surface area (Å²) >= 11 is 0.949.